The first-order valence-electron chi connectivity index (χ1n) is 10.0. The monoisotopic (exact) mass is 427 g/mol. The molecule has 0 atom stereocenters. The van der Waals surface area contributed by atoms with Crippen molar-refractivity contribution in [1.82, 2.24) is 24.4 Å². The molecule has 1 aromatic carbocycles. The Balaban J connectivity index is 1.63. The molecule has 1 aliphatic heterocycles. The zero-order chi connectivity index (χ0) is 21.3. The lowest BCUT2D eigenvalue weighted by molar-refractivity contribution is 0.0925. The van der Waals surface area contributed by atoms with Gasteiger partial charge in [-0.2, -0.15) is 5.10 Å². The Morgan fingerprint density at radius 1 is 1.20 bits per heavy atom. The van der Waals surface area contributed by atoms with Crippen molar-refractivity contribution in [2.24, 2.45) is 0 Å². The number of rotatable bonds is 5. The molecule has 2 aromatic heterocycles. The van der Waals surface area contributed by atoms with E-state index < -0.39 is 10.0 Å². The number of piperidine rings is 1. The van der Waals surface area contributed by atoms with Gasteiger partial charge >= 0.3 is 0 Å². The van der Waals surface area contributed by atoms with Crippen molar-refractivity contribution in [3.63, 3.8) is 0 Å². The van der Waals surface area contributed by atoms with Crippen LogP contribution < -0.4 is 5.32 Å². The van der Waals surface area contributed by atoms with Gasteiger partial charge in [0.05, 0.1) is 29.1 Å². The predicted molar refractivity (Wildman–Crippen MR) is 116 cm³/mol. The van der Waals surface area contributed by atoms with Crippen molar-refractivity contribution in [3.05, 3.63) is 48.2 Å². The number of benzene rings is 1. The quantitative estimate of drug-likeness (QED) is 0.674. The normalized spacial score (nSPS) is 16.1. The van der Waals surface area contributed by atoms with E-state index >= 15 is 0 Å². The highest BCUT2D eigenvalue weighted by Crippen LogP contribution is 2.25. The van der Waals surface area contributed by atoms with Crippen LogP contribution in [0.5, 0.6) is 0 Å². The molecule has 0 saturated carbocycles. The number of hydrogen-bond donors (Lipinski definition) is 1. The lowest BCUT2D eigenvalue weighted by atomic mass is 10.0. The summed E-state index contributed by atoms with van der Waals surface area (Å²) in [6, 6.07) is 11.5. The number of amides is 1. The zero-order valence-electron chi connectivity index (χ0n) is 17.1. The highest BCUT2D eigenvalue weighted by atomic mass is 32.2. The summed E-state index contributed by atoms with van der Waals surface area (Å²) in [5.74, 6) is -0.187. The molecule has 1 amide bonds. The van der Waals surface area contributed by atoms with Gasteiger partial charge < -0.3 is 5.32 Å². The third-order valence-electron chi connectivity index (χ3n) is 5.48. The zero-order valence-corrected chi connectivity index (χ0v) is 17.9. The fourth-order valence-corrected chi connectivity index (χ4v) is 4.69. The summed E-state index contributed by atoms with van der Waals surface area (Å²) in [6.45, 7) is 3.47. The molecule has 1 saturated heterocycles. The first kappa shape index (κ1) is 20.5. The van der Waals surface area contributed by atoms with Gasteiger partial charge in [-0.3, -0.25) is 4.79 Å². The van der Waals surface area contributed by atoms with Crippen molar-refractivity contribution in [3.8, 4) is 11.3 Å². The van der Waals surface area contributed by atoms with Gasteiger partial charge in [-0.05, 0) is 25.8 Å². The van der Waals surface area contributed by atoms with Gasteiger partial charge in [0, 0.05) is 31.2 Å². The van der Waals surface area contributed by atoms with Crippen LogP contribution >= 0.6 is 0 Å². The van der Waals surface area contributed by atoms with Gasteiger partial charge in [0.2, 0.25) is 10.0 Å². The molecule has 158 valence electrons. The number of hydrogen-bond acceptors (Lipinski definition) is 5. The number of nitrogens with zero attached hydrogens (tertiary/aromatic N) is 4. The molecule has 1 fully saturated rings. The summed E-state index contributed by atoms with van der Waals surface area (Å²) in [7, 11) is -3.19. The Morgan fingerprint density at radius 2 is 1.90 bits per heavy atom. The van der Waals surface area contributed by atoms with Crippen LogP contribution in [-0.4, -0.2) is 58.8 Å². The maximum absolute atomic E-state index is 13.2. The van der Waals surface area contributed by atoms with Crippen LogP contribution in [0.15, 0.2) is 42.6 Å². The van der Waals surface area contributed by atoms with Crippen molar-refractivity contribution in [2.75, 3.05) is 19.3 Å². The average molecular weight is 428 g/mol. The summed E-state index contributed by atoms with van der Waals surface area (Å²) in [5.41, 5.74) is 2.86. The SMILES string of the molecule is CCn1ncc2c(C(=O)NC3CCN(S(C)(=O)=O)CC3)cc(-c3ccccc3)nc21. The molecular formula is C21H25N5O3S. The van der Waals surface area contributed by atoms with E-state index in [2.05, 4.69) is 10.4 Å². The first-order valence-corrected chi connectivity index (χ1v) is 11.9. The Kier molecular flexibility index (Phi) is 5.57. The molecule has 3 aromatic rings. The van der Waals surface area contributed by atoms with Crippen LogP contribution in [0.4, 0.5) is 0 Å². The minimum absolute atomic E-state index is 0.0693. The fraction of sp³-hybridized carbons (Fsp3) is 0.381. The van der Waals surface area contributed by atoms with E-state index in [1.165, 1.54) is 10.6 Å². The first-order chi connectivity index (χ1) is 14.4. The molecule has 0 radical (unpaired) electrons. The van der Waals surface area contributed by atoms with Crippen LogP contribution in [0.3, 0.4) is 0 Å². The smallest absolute Gasteiger partial charge is 0.252 e. The van der Waals surface area contributed by atoms with Gasteiger partial charge in [-0.1, -0.05) is 30.3 Å². The Bertz CT molecular complexity index is 1170. The molecule has 0 bridgehead atoms. The van der Waals surface area contributed by atoms with Gasteiger partial charge in [0.1, 0.15) is 0 Å². The van der Waals surface area contributed by atoms with Crippen LogP contribution in [0, 0.1) is 0 Å². The second-order valence-electron chi connectivity index (χ2n) is 7.53. The Labute approximate surface area is 176 Å². The lowest BCUT2D eigenvalue weighted by Crippen LogP contribution is -2.46. The molecule has 3 heterocycles. The fourth-order valence-electron chi connectivity index (χ4n) is 3.82. The number of sulfonamides is 1. The van der Waals surface area contributed by atoms with Gasteiger partial charge in [-0.25, -0.2) is 22.4 Å². The second-order valence-corrected chi connectivity index (χ2v) is 9.51. The summed E-state index contributed by atoms with van der Waals surface area (Å²) in [6.07, 6.45) is 4.08. The second kappa shape index (κ2) is 8.16. The number of carbonyl (C=O) groups is 1. The van der Waals surface area contributed by atoms with Crippen molar-refractivity contribution in [1.29, 1.82) is 0 Å². The Morgan fingerprint density at radius 3 is 2.53 bits per heavy atom. The number of carbonyl (C=O) groups excluding carboxylic acids is 1. The van der Waals surface area contributed by atoms with Crippen LogP contribution in [0.2, 0.25) is 0 Å². The van der Waals surface area contributed by atoms with Crippen molar-refractivity contribution >= 4 is 27.0 Å². The largest absolute Gasteiger partial charge is 0.349 e. The molecule has 9 heteroatoms. The summed E-state index contributed by atoms with van der Waals surface area (Å²) in [5, 5.41) is 8.17. The minimum Gasteiger partial charge on any atom is -0.349 e. The number of pyridine rings is 1. The maximum atomic E-state index is 13.2. The summed E-state index contributed by atoms with van der Waals surface area (Å²) >= 11 is 0. The minimum atomic E-state index is -3.19. The van der Waals surface area contributed by atoms with E-state index in [4.69, 9.17) is 4.98 Å². The highest BCUT2D eigenvalue weighted by molar-refractivity contribution is 7.88. The molecule has 30 heavy (non-hydrogen) atoms. The van der Waals surface area contributed by atoms with Gasteiger partial charge in [-0.15, -0.1) is 0 Å². The molecule has 0 aliphatic carbocycles. The van der Waals surface area contributed by atoms with Crippen LogP contribution in [0.1, 0.15) is 30.1 Å². The Hall–Kier alpha value is -2.78. The number of fused-ring (bicyclic) bond motifs is 1. The van der Waals surface area contributed by atoms with E-state index in [9.17, 15) is 13.2 Å². The van der Waals surface area contributed by atoms with E-state index in [1.807, 2.05) is 37.3 Å². The topological polar surface area (TPSA) is 97.2 Å². The third-order valence-corrected chi connectivity index (χ3v) is 6.78. The van der Waals surface area contributed by atoms with Crippen molar-refractivity contribution < 1.29 is 13.2 Å². The number of nitrogens with one attached hydrogen (secondary N) is 1. The predicted octanol–water partition coefficient (Wildman–Crippen LogP) is 2.27. The van der Waals surface area contributed by atoms with Crippen molar-refractivity contribution in [2.45, 2.75) is 32.4 Å². The highest BCUT2D eigenvalue weighted by Gasteiger charge is 2.27. The van der Waals surface area contributed by atoms with E-state index in [0.717, 1.165) is 11.3 Å². The van der Waals surface area contributed by atoms with Gasteiger partial charge in [0.15, 0.2) is 5.65 Å². The van der Waals surface area contributed by atoms with Gasteiger partial charge in [0.25, 0.3) is 5.91 Å². The van der Waals surface area contributed by atoms with E-state index in [-0.39, 0.29) is 11.9 Å². The summed E-state index contributed by atoms with van der Waals surface area (Å²) < 4.78 is 26.7. The molecular weight excluding hydrogens is 402 g/mol. The molecule has 1 N–H and O–H groups in total. The standard InChI is InChI=1S/C21H25N5O3S/c1-3-26-20-18(14-22-26)17(13-19(24-20)15-7-5-4-6-8-15)21(27)23-16-9-11-25(12-10-16)30(2,28)29/h4-8,13-14,16H,3,9-12H2,1-2H3,(H,23,27). The molecule has 1 aliphatic rings. The van der Waals surface area contributed by atoms with E-state index in [0.29, 0.717) is 49.1 Å². The summed E-state index contributed by atoms with van der Waals surface area (Å²) in [4.78, 5) is 17.9. The third kappa shape index (κ3) is 4.08. The molecule has 4 rings (SSSR count). The number of aromatic nitrogens is 3. The number of aryl methyl sites for hydroxylation is 1. The molecule has 0 unspecified atom stereocenters. The van der Waals surface area contributed by atoms with Crippen LogP contribution in [-0.2, 0) is 16.6 Å². The molecule has 8 nitrogen and oxygen atoms in total. The van der Waals surface area contributed by atoms with E-state index in [1.54, 1.807) is 16.9 Å². The lowest BCUT2D eigenvalue weighted by Gasteiger charge is -2.30. The average Bonchev–Trinajstić information content (AvgIpc) is 3.16. The molecule has 0 spiro atoms. The van der Waals surface area contributed by atoms with Crippen LogP contribution in [0.25, 0.3) is 22.3 Å². The maximum Gasteiger partial charge on any atom is 0.252 e.